The molecular formula is C23H22BrN5O3. The van der Waals surface area contributed by atoms with Crippen LogP contribution in [0.1, 0.15) is 24.0 Å². The first-order chi connectivity index (χ1) is 15.5. The number of ether oxygens (including phenoxy) is 1. The molecule has 1 aliphatic heterocycles. The van der Waals surface area contributed by atoms with E-state index in [-0.39, 0.29) is 17.9 Å². The fraction of sp³-hybridized carbons (Fsp3) is 0.304. The average Bonchev–Trinajstić information content (AvgIpc) is 3.47. The van der Waals surface area contributed by atoms with Crippen molar-refractivity contribution in [3.63, 3.8) is 0 Å². The number of fused-ring (bicyclic) bond motifs is 3. The highest BCUT2D eigenvalue weighted by Gasteiger charge is 2.22. The van der Waals surface area contributed by atoms with Gasteiger partial charge in [-0.05, 0) is 42.2 Å². The maximum absolute atomic E-state index is 13.5. The highest BCUT2D eigenvalue weighted by molar-refractivity contribution is 9.10. The van der Waals surface area contributed by atoms with E-state index in [1.807, 2.05) is 46.9 Å². The predicted octanol–water partition coefficient (Wildman–Crippen LogP) is 3.17. The van der Waals surface area contributed by atoms with Crippen molar-refractivity contribution in [2.75, 3.05) is 25.1 Å². The number of carbonyl (C=O) groups is 1. The van der Waals surface area contributed by atoms with E-state index in [4.69, 9.17) is 4.74 Å². The van der Waals surface area contributed by atoms with Crippen molar-refractivity contribution in [2.24, 2.45) is 0 Å². The van der Waals surface area contributed by atoms with E-state index in [0.29, 0.717) is 17.7 Å². The van der Waals surface area contributed by atoms with Crippen molar-refractivity contribution >= 4 is 44.5 Å². The summed E-state index contributed by atoms with van der Waals surface area (Å²) < 4.78 is 9.22. The third-order valence-corrected chi connectivity index (χ3v) is 6.37. The summed E-state index contributed by atoms with van der Waals surface area (Å²) in [5.74, 6) is 1.01. The Morgan fingerprint density at radius 3 is 2.50 bits per heavy atom. The number of carbonyl (C=O) groups excluding carboxylic acids is 1. The summed E-state index contributed by atoms with van der Waals surface area (Å²) in [6.07, 6.45) is 2.46. The molecule has 9 heteroatoms. The summed E-state index contributed by atoms with van der Waals surface area (Å²) >= 11 is 3.49. The number of nitrogens with zero attached hydrogens (tertiary/aromatic N) is 5. The van der Waals surface area contributed by atoms with Crippen LogP contribution in [0.15, 0.2) is 51.7 Å². The number of rotatable bonds is 5. The van der Waals surface area contributed by atoms with Gasteiger partial charge in [-0.3, -0.25) is 14.2 Å². The van der Waals surface area contributed by atoms with Crippen LogP contribution < -0.4 is 10.5 Å². The normalized spacial score (nSPS) is 13.9. The molecule has 0 amide bonds. The third kappa shape index (κ3) is 3.66. The van der Waals surface area contributed by atoms with Crippen molar-refractivity contribution in [2.45, 2.75) is 25.8 Å². The van der Waals surface area contributed by atoms with Gasteiger partial charge < -0.3 is 9.64 Å². The Balaban J connectivity index is 1.63. The average molecular weight is 496 g/mol. The third-order valence-electron chi connectivity index (χ3n) is 5.87. The lowest BCUT2D eigenvalue weighted by atomic mass is 10.1. The van der Waals surface area contributed by atoms with E-state index in [9.17, 15) is 9.59 Å². The molecule has 0 saturated carbocycles. The highest BCUT2D eigenvalue weighted by Crippen LogP contribution is 2.25. The second-order valence-electron chi connectivity index (χ2n) is 7.95. The van der Waals surface area contributed by atoms with Crippen molar-refractivity contribution in [1.82, 2.24) is 19.2 Å². The van der Waals surface area contributed by atoms with Gasteiger partial charge in [-0.15, -0.1) is 10.2 Å². The zero-order valence-electron chi connectivity index (χ0n) is 17.6. The van der Waals surface area contributed by atoms with E-state index in [1.54, 1.807) is 4.57 Å². The fourth-order valence-electron chi connectivity index (χ4n) is 4.22. The molecule has 1 fully saturated rings. The standard InChI is InChI=1S/C23H22BrN5O3/c1-32-20(30)12-15-4-6-16(7-5-15)14-28-21(31)18-13-17(24)8-9-19(18)29-22(25-26-23(28)29)27-10-2-3-11-27/h4-9,13H,2-3,10-12,14H2,1H3. The second kappa shape index (κ2) is 8.38. The number of anilines is 1. The number of hydrogen-bond donors (Lipinski definition) is 0. The van der Waals surface area contributed by atoms with Gasteiger partial charge in [0.1, 0.15) is 0 Å². The minimum absolute atomic E-state index is 0.118. The summed E-state index contributed by atoms with van der Waals surface area (Å²) in [4.78, 5) is 27.2. The SMILES string of the molecule is COC(=O)Cc1ccc(Cn2c(=O)c3cc(Br)ccc3n3c(N4CCCC4)nnc23)cc1. The maximum Gasteiger partial charge on any atom is 0.309 e. The number of hydrogen-bond acceptors (Lipinski definition) is 6. The molecule has 0 N–H and O–H groups in total. The van der Waals surface area contributed by atoms with E-state index in [1.165, 1.54) is 7.11 Å². The summed E-state index contributed by atoms with van der Waals surface area (Å²) in [5.41, 5.74) is 2.47. The van der Waals surface area contributed by atoms with Crippen LogP contribution in [0.3, 0.4) is 0 Å². The van der Waals surface area contributed by atoms with Crippen molar-refractivity contribution in [3.8, 4) is 0 Å². The van der Waals surface area contributed by atoms with Crippen molar-refractivity contribution < 1.29 is 9.53 Å². The minimum atomic E-state index is -0.284. The van der Waals surface area contributed by atoms with Crippen LogP contribution in [-0.2, 0) is 22.5 Å². The first-order valence-electron chi connectivity index (χ1n) is 10.5. The molecule has 2 aromatic heterocycles. The van der Waals surface area contributed by atoms with Crippen LogP contribution in [0.5, 0.6) is 0 Å². The van der Waals surface area contributed by atoms with E-state index in [0.717, 1.165) is 53.0 Å². The first-order valence-corrected chi connectivity index (χ1v) is 11.3. The Hall–Kier alpha value is -3.20. The van der Waals surface area contributed by atoms with Gasteiger partial charge in [-0.1, -0.05) is 40.2 Å². The molecule has 4 aromatic rings. The second-order valence-corrected chi connectivity index (χ2v) is 8.87. The topological polar surface area (TPSA) is 81.7 Å². The smallest absolute Gasteiger partial charge is 0.309 e. The minimum Gasteiger partial charge on any atom is -0.469 e. The molecule has 0 bridgehead atoms. The molecule has 0 radical (unpaired) electrons. The fourth-order valence-corrected chi connectivity index (χ4v) is 4.58. The molecule has 0 atom stereocenters. The molecule has 32 heavy (non-hydrogen) atoms. The van der Waals surface area contributed by atoms with Crippen LogP contribution >= 0.6 is 15.9 Å². The molecule has 1 saturated heterocycles. The molecule has 3 heterocycles. The van der Waals surface area contributed by atoms with Gasteiger partial charge in [-0.2, -0.15) is 0 Å². The molecule has 164 valence electrons. The Bertz CT molecular complexity index is 1370. The summed E-state index contributed by atoms with van der Waals surface area (Å²) in [6.45, 7) is 2.21. The van der Waals surface area contributed by atoms with E-state index < -0.39 is 0 Å². The zero-order chi connectivity index (χ0) is 22.2. The molecular weight excluding hydrogens is 474 g/mol. The Kier molecular flexibility index (Phi) is 5.42. The monoisotopic (exact) mass is 495 g/mol. The molecule has 8 nitrogen and oxygen atoms in total. The number of esters is 1. The van der Waals surface area contributed by atoms with Gasteiger partial charge in [0.2, 0.25) is 11.7 Å². The quantitative estimate of drug-likeness (QED) is 0.395. The van der Waals surface area contributed by atoms with Gasteiger partial charge in [0.25, 0.3) is 5.56 Å². The zero-order valence-corrected chi connectivity index (χ0v) is 19.2. The maximum atomic E-state index is 13.5. The Morgan fingerprint density at radius 1 is 1.06 bits per heavy atom. The van der Waals surface area contributed by atoms with Crippen molar-refractivity contribution in [3.05, 3.63) is 68.4 Å². The van der Waals surface area contributed by atoms with Gasteiger partial charge in [0.15, 0.2) is 0 Å². The molecule has 0 spiro atoms. The number of benzene rings is 2. The number of methoxy groups -OCH3 is 1. The highest BCUT2D eigenvalue weighted by atomic mass is 79.9. The molecule has 0 unspecified atom stereocenters. The van der Waals surface area contributed by atoms with Crippen LogP contribution in [0.4, 0.5) is 5.95 Å². The lowest BCUT2D eigenvalue weighted by Crippen LogP contribution is -2.26. The Labute approximate surface area is 192 Å². The van der Waals surface area contributed by atoms with Gasteiger partial charge in [0.05, 0.1) is 31.0 Å². The van der Waals surface area contributed by atoms with Gasteiger partial charge >= 0.3 is 5.97 Å². The summed E-state index contributed by atoms with van der Waals surface area (Å²) in [5, 5.41) is 9.49. The van der Waals surface area contributed by atoms with Crippen molar-refractivity contribution in [1.29, 1.82) is 0 Å². The molecule has 5 rings (SSSR count). The van der Waals surface area contributed by atoms with Crippen LogP contribution in [0.2, 0.25) is 0 Å². The molecule has 1 aliphatic rings. The van der Waals surface area contributed by atoms with E-state index in [2.05, 4.69) is 31.0 Å². The predicted molar refractivity (Wildman–Crippen MR) is 125 cm³/mol. The largest absolute Gasteiger partial charge is 0.469 e. The number of halogens is 1. The molecule has 0 aliphatic carbocycles. The Morgan fingerprint density at radius 2 is 1.78 bits per heavy atom. The molecule has 2 aromatic carbocycles. The lowest BCUT2D eigenvalue weighted by Gasteiger charge is -2.17. The van der Waals surface area contributed by atoms with Gasteiger partial charge in [0, 0.05) is 17.6 Å². The van der Waals surface area contributed by atoms with Crippen LogP contribution in [-0.4, -0.2) is 45.3 Å². The first kappa shape index (κ1) is 20.7. The van der Waals surface area contributed by atoms with E-state index >= 15 is 0 Å². The van der Waals surface area contributed by atoms with Crippen LogP contribution in [0.25, 0.3) is 16.7 Å². The van der Waals surface area contributed by atoms with Gasteiger partial charge in [-0.25, -0.2) is 4.40 Å². The summed E-state index contributed by atoms with van der Waals surface area (Å²) in [7, 11) is 1.38. The number of aromatic nitrogens is 4. The summed E-state index contributed by atoms with van der Waals surface area (Å²) in [6, 6.07) is 13.3. The lowest BCUT2D eigenvalue weighted by molar-refractivity contribution is -0.139. The van der Waals surface area contributed by atoms with Crippen LogP contribution in [0, 0.1) is 0 Å².